The van der Waals surface area contributed by atoms with Gasteiger partial charge in [0.15, 0.2) is 5.69 Å². The van der Waals surface area contributed by atoms with Gasteiger partial charge in [-0.25, -0.2) is 9.07 Å². The van der Waals surface area contributed by atoms with Crippen molar-refractivity contribution >= 4 is 17.5 Å². The Hall–Kier alpha value is -3.68. The van der Waals surface area contributed by atoms with Crippen LogP contribution in [0.15, 0.2) is 48.5 Å². The number of fused-ring (bicyclic) bond motifs is 1. The number of para-hydroxylation sites is 2. The molecule has 4 rings (SSSR count). The van der Waals surface area contributed by atoms with Crippen LogP contribution in [0, 0.1) is 5.82 Å². The van der Waals surface area contributed by atoms with Crippen LogP contribution in [0.25, 0.3) is 5.69 Å². The maximum atomic E-state index is 13.4. The fourth-order valence-corrected chi connectivity index (χ4v) is 4.15. The first-order valence-corrected chi connectivity index (χ1v) is 11.1. The van der Waals surface area contributed by atoms with Crippen molar-refractivity contribution in [3.8, 4) is 11.4 Å². The molecule has 172 valence electrons. The lowest BCUT2D eigenvalue weighted by molar-refractivity contribution is -0.116. The highest BCUT2D eigenvalue weighted by Gasteiger charge is 2.29. The summed E-state index contributed by atoms with van der Waals surface area (Å²) in [6.07, 6.45) is 3.53. The number of amides is 2. The number of hydrogen-bond donors (Lipinski definition) is 1. The van der Waals surface area contributed by atoms with E-state index in [1.807, 2.05) is 13.0 Å². The molecule has 1 N–H and O–H groups in total. The molecule has 2 amide bonds. The molecule has 7 nitrogen and oxygen atoms in total. The zero-order valence-electron chi connectivity index (χ0n) is 18.8. The molecular weight excluding hydrogens is 423 g/mol. The van der Waals surface area contributed by atoms with Crippen molar-refractivity contribution in [2.45, 2.75) is 32.6 Å². The molecule has 1 aliphatic carbocycles. The first-order chi connectivity index (χ1) is 16.0. The minimum Gasteiger partial charge on any atom is -0.495 e. The number of halogens is 1. The van der Waals surface area contributed by atoms with Gasteiger partial charge in [0.1, 0.15) is 18.1 Å². The average Bonchev–Trinajstić information content (AvgIpc) is 3.22. The Morgan fingerprint density at radius 1 is 1.12 bits per heavy atom. The van der Waals surface area contributed by atoms with Gasteiger partial charge in [0.2, 0.25) is 5.91 Å². The molecule has 2 aromatic carbocycles. The molecule has 33 heavy (non-hydrogen) atoms. The van der Waals surface area contributed by atoms with Crippen molar-refractivity contribution in [1.29, 1.82) is 0 Å². The van der Waals surface area contributed by atoms with E-state index >= 15 is 0 Å². The molecule has 0 saturated heterocycles. The first-order valence-electron chi connectivity index (χ1n) is 11.1. The van der Waals surface area contributed by atoms with Crippen LogP contribution in [0.4, 0.5) is 10.1 Å². The molecule has 0 aliphatic heterocycles. The summed E-state index contributed by atoms with van der Waals surface area (Å²) in [7, 11) is 1.54. The number of nitrogens with zero attached hydrogens (tertiary/aromatic N) is 3. The van der Waals surface area contributed by atoms with Crippen molar-refractivity contribution in [1.82, 2.24) is 14.7 Å². The van der Waals surface area contributed by atoms with Gasteiger partial charge in [-0.15, -0.1) is 0 Å². The molecule has 8 heteroatoms. The number of methoxy groups -OCH3 is 1. The highest BCUT2D eigenvalue weighted by Crippen LogP contribution is 2.28. The van der Waals surface area contributed by atoms with Crippen LogP contribution in [-0.2, 0) is 17.6 Å². The van der Waals surface area contributed by atoms with Gasteiger partial charge in [0.25, 0.3) is 5.91 Å². The summed E-state index contributed by atoms with van der Waals surface area (Å²) in [5.74, 6) is -0.380. The van der Waals surface area contributed by atoms with Crippen LogP contribution >= 0.6 is 0 Å². The second-order valence-corrected chi connectivity index (χ2v) is 7.94. The van der Waals surface area contributed by atoms with Gasteiger partial charge in [-0.2, -0.15) is 5.10 Å². The van der Waals surface area contributed by atoms with Crippen molar-refractivity contribution < 1.29 is 18.7 Å². The normalized spacial score (nSPS) is 12.7. The van der Waals surface area contributed by atoms with Gasteiger partial charge in [-0.1, -0.05) is 12.1 Å². The Morgan fingerprint density at radius 3 is 2.58 bits per heavy atom. The lowest BCUT2D eigenvalue weighted by Gasteiger charge is -2.21. The SMILES string of the molecule is CCN(CC(=O)Nc1ccccc1OC)C(=O)c1nn(-c2ccc(F)cc2)c2c1CCCC2. The number of hydrogen-bond acceptors (Lipinski definition) is 4. The van der Waals surface area contributed by atoms with Crippen LogP contribution in [0.5, 0.6) is 5.75 Å². The molecule has 0 fully saturated rings. The lowest BCUT2D eigenvalue weighted by Crippen LogP contribution is -2.38. The smallest absolute Gasteiger partial charge is 0.275 e. The predicted octanol–water partition coefficient (Wildman–Crippen LogP) is 4.00. The monoisotopic (exact) mass is 450 g/mol. The van der Waals surface area contributed by atoms with Crippen LogP contribution in [0.2, 0.25) is 0 Å². The number of likely N-dealkylation sites (N-methyl/N-ethyl adjacent to an activating group) is 1. The number of ether oxygens (including phenoxy) is 1. The number of rotatable bonds is 7. The van der Waals surface area contributed by atoms with Crippen LogP contribution in [-0.4, -0.2) is 46.7 Å². The van der Waals surface area contributed by atoms with E-state index in [4.69, 9.17) is 4.74 Å². The van der Waals surface area contributed by atoms with E-state index in [2.05, 4.69) is 10.4 Å². The predicted molar refractivity (Wildman–Crippen MR) is 123 cm³/mol. The number of benzene rings is 2. The Kier molecular flexibility index (Phi) is 6.72. The highest BCUT2D eigenvalue weighted by atomic mass is 19.1. The molecule has 0 atom stereocenters. The number of aromatic nitrogens is 2. The summed E-state index contributed by atoms with van der Waals surface area (Å²) in [4.78, 5) is 27.6. The van der Waals surface area contributed by atoms with Crippen LogP contribution in [0.3, 0.4) is 0 Å². The van der Waals surface area contributed by atoms with E-state index in [1.54, 1.807) is 35.0 Å². The zero-order valence-corrected chi connectivity index (χ0v) is 18.8. The third kappa shape index (κ3) is 4.74. The molecule has 0 radical (unpaired) electrons. The number of nitrogens with one attached hydrogen (secondary N) is 1. The summed E-state index contributed by atoms with van der Waals surface area (Å²) in [6.45, 7) is 2.08. The maximum absolute atomic E-state index is 13.4. The van der Waals surface area contributed by atoms with Crippen LogP contribution < -0.4 is 10.1 Å². The average molecular weight is 451 g/mol. The van der Waals surface area contributed by atoms with Gasteiger partial charge in [0, 0.05) is 17.8 Å². The number of anilines is 1. The highest BCUT2D eigenvalue weighted by molar-refractivity contribution is 5.99. The maximum Gasteiger partial charge on any atom is 0.275 e. The van der Waals surface area contributed by atoms with E-state index in [0.717, 1.165) is 36.9 Å². The number of carbonyl (C=O) groups excluding carboxylic acids is 2. The molecule has 3 aromatic rings. The molecule has 1 aromatic heterocycles. The molecule has 1 aliphatic rings. The van der Waals surface area contributed by atoms with E-state index in [9.17, 15) is 14.0 Å². The Bertz CT molecular complexity index is 1160. The fourth-order valence-electron chi connectivity index (χ4n) is 4.15. The molecule has 0 bridgehead atoms. The Labute approximate surface area is 192 Å². The lowest BCUT2D eigenvalue weighted by atomic mass is 9.95. The van der Waals surface area contributed by atoms with Crippen molar-refractivity contribution in [3.05, 3.63) is 71.3 Å². The molecule has 0 spiro atoms. The molecule has 0 saturated carbocycles. The Morgan fingerprint density at radius 2 is 1.85 bits per heavy atom. The molecule has 1 heterocycles. The standard InChI is InChI=1S/C25H27FN4O3/c1-3-29(16-23(31)27-20-9-5-7-11-22(20)33-2)25(32)24-19-8-4-6-10-21(19)30(28-24)18-14-12-17(26)13-15-18/h5,7,9,11-15H,3-4,6,8,10,16H2,1-2H3,(H,27,31). The van der Waals surface area contributed by atoms with Crippen molar-refractivity contribution in [3.63, 3.8) is 0 Å². The van der Waals surface area contributed by atoms with E-state index in [0.29, 0.717) is 29.4 Å². The summed E-state index contributed by atoms with van der Waals surface area (Å²) in [5.41, 5.74) is 3.52. The fraction of sp³-hybridized carbons (Fsp3) is 0.320. The van der Waals surface area contributed by atoms with Crippen molar-refractivity contribution in [2.24, 2.45) is 0 Å². The largest absolute Gasteiger partial charge is 0.495 e. The second kappa shape index (κ2) is 9.85. The topological polar surface area (TPSA) is 76.5 Å². The van der Waals surface area contributed by atoms with E-state index < -0.39 is 0 Å². The molecular formula is C25H27FN4O3. The van der Waals surface area contributed by atoms with Crippen molar-refractivity contribution in [2.75, 3.05) is 25.5 Å². The third-order valence-corrected chi connectivity index (χ3v) is 5.84. The quantitative estimate of drug-likeness (QED) is 0.590. The second-order valence-electron chi connectivity index (χ2n) is 7.94. The Balaban J connectivity index is 1.58. The summed E-state index contributed by atoms with van der Waals surface area (Å²) in [6, 6.07) is 13.2. The third-order valence-electron chi connectivity index (χ3n) is 5.84. The minimum atomic E-state index is -0.325. The van der Waals surface area contributed by atoms with Gasteiger partial charge in [-0.3, -0.25) is 9.59 Å². The number of carbonyl (C=O) groups is 2. The van der Waals surface area contributed by atoms with E-state index in [-0.39, 0.29) is 24.2 Å². The van der Waals surface area contributed by atoms with Gasteiger partial charge < -0.3 is 15.0 Å². The zero-order chi connectivity index (χ0) is 23.4. The van der Waals surface area contributed by atoms with Gasteiger partial charge >= 0.3 is 0 Å². The van der Waals surface area contributed by atoms with Crippen LogP contribution in [0.1, 0.15) is 41.5 Å². The van der Waals surface area contributed by atoms with E-state index in [1.165, 1.54) is 24.1 Å². The summed E-state index contributed by atoms with van der Waals surface area (Å²) in [5, 5.41) is 7.44. The summed E-state index contributed by atoms with van der Waals surface area (Å²) >= 11 is 0. The minimum absolute atomic E-state index is 0.106. The molecule has 0 unspecified atom stereocenters. The summed E-state index contributed by atoms with van der Waals surface area (Å²) < 4.78 is 20.4. The van der Waals surface area contributed by atoms with Gasteiger partial charge in [0.05, 0.1) is 18.5 Å². The first kappa shape index (κ1) is 22.5. The van der Waals surface area contributed by atoms with Gasteiger partial charge in [-0.05, 0) is 69.0 Å².